The second-order valence-corrected chi connectivity index (χ2v) is 6.07. The molecule has 1 aliphatic rings. The minimum absolute atomic E-state index is 0.0387. The molecule has 1 aliphatic carbocycles. The van der Waals surface area contributed by atoms with Crippen LogP contribution in [0, 0.1) is 5.92 Å². The van der Waals surface area contributed by atoms with Crippen molar-refractivity contribution in [2.24, 2.45) is 13.0 Å². The first-order valence-corrected chi connectivity index (χ1v) is 8.26. The van der Waals surface area contributed by atoms with Gasteiger partial charge >= 0.3 is 11.9 Å². The number of carbonyl (C=O) groups is 3. The Labute approximate surface area is 141 Å². The Balaban J connectivity index is 1.92. The molecular formula is C17H24N2O5. The number of hydrogen-bond donors (Lipinski definition) is 0. The van der Waals surface area contributed by atoms with Crippen LogP contribution >= 0.6 is 0 Å². The molecule has 1 heterocycles. The van der Waals surface area contributed by atoms with Crippen LogP contribution < -0.4 is 0 Å². The Kier molecular flexibility index (Phi) is 6.11. The second-order valence-electron chi connectivity index (χ2n) is 6.07. The van der Waals surface area contributed by atoms with Crippen molar-refractivity contribution in [3.05, 3.63) is 17.5 Å². The molecule has 0 aromatic carbocycles. The van der Waals surface area contributed by atoms with E-state index >= 15 is 0 Å². The number of aryl methyl sites for hydroxylation is 1. The van der Waals surface area contributed by atoms with E-state index in [1.807, 2.05) is 0 Å². The third-order valence-corrected chi connectivity index (χ3v) is 4.52. The fourth-order valence-corrected chi connectivity index (χ4v) is 3.19. The number of carbonyl (C=O) groups excluding carboxylic acids is 3. The number of Topliss-reactive ketones (excluding diaryl/α,β-unsaturated/α-hetero) is 1. The molecule has 0 saturated heterocycles. The fraction of sp³-hybridized carbons (Fsp3) is 0.647. The minimum Gasteiger partial charge on any atom is -0.466 e. The molecule has 24 heavy (non-hydrogen) atoms. The van der Waals surface area contributed by atoms with Crippen molar-refractivity contribution in [3.63, 3.8) is 0 Å². The van der Waals surface area contributed by atoms with Gasteiger partial charge in [-0.05, 0) is 38.7 Å². The van der Waals surface area contributed by atoms with E-state index in [-0.39, 0.29) is 24.0 Å². The van der Waals surface area contributed by atoms with Crippen LogP contribution in [-0.2, 0) is 26.1 Å². The van der Waals surface area contributed by atoms with Crippen molar-refractivity contribution < 1.29 is 23.9 Å². The molecule has 132 valence electrons. The maximum atomic E-state index is 12.1. The summed E-state index contributed by atoms with van der Waals surface area (Å²) in [6.07, 6.45) is 2.95. The average molecular weight is 336 g/mol. The molecule has 0 spiro atoms. The van der Waals surface area contributed by atoms with Gasteiger partial charge in [-0.25, -0.2) is 4.79 Å². The molecule has 1 fully saturated rings. The molecule has 0 atom stereocenters. The summed E-state index contributed by atoms with van der Waals surface area (Å²) < 4.78 is 11.1. The Morgan fingerprint density at radius 1 is 1.25 bits per heavy atom. The number of methoxy groups -OCH3 is 1. The quantitative estimate of drug-likeness (QED) is 0.583. The van der Waals surface area contributed by atoms with Gasteiger partial charge in [-0.1, -0.05) is 0 Å². The van der Waals surface area contributed by atoms with Crippen LogP contribution in [0.25, 0.3) is 0 Å². The number of nitrogens with zero attached hydrogens (tertiary/aromatic N) is 2. The van der Waals surface area contributed by atoms with Crippen LogP contribution in [0.2, 0.25) is 0 Å². The number of aromatic nitrogens is 2. The molecular weight excluding hydrogens is 312 g/mol. The molecule has 1 aromatic rings. The number of esters is 2. The topological polar surface area (TPSA) is 87.5 Å². The zero-order valence-electron chi connectivity index (χ0n) is 14.4. The van der Waals surface area contributed by atoms with E-state index in [2.05, 4.69) is 5.10 Å². The number of ether oxygens (including phenoxy) is 2. The lowest BCUT2D eigenvalue weighted by Crippen LogP contribution is -2.24. The highest BCUT2D eigenvalue weighted by Crippen LogP contribution is 2.36. The number of ketones is 1. The van der Waals surface area contributed by atoms with Crippen molar-refractivity contribution in [1.29, 1.82) is 0 Å². The normalized spacial score (nSPS) is 20.5. The van der Waals surface area contributed by atoms with Crippen LogP contribution in [0.15, 0.2) is 6.07 Å². The molecule has 0 radical (unpaired) electrons. The maximum Gasteiger partial charge on any atom is 0.356 e. The minimum atomic E-state index is -0.447. The van der Waals surface area contributed by atoms with Gasteiger partial charge in [-0.3, -0.25) is 14.3 Å². The van der Waals surface area contributed by atoms with E-state index < -0.39 is 11.9 Å². The van der Waals surface area contributed by atoms with Crippen molar-refractivity contribution in [1.82, 2.24) is 9.78 Å². The van der Waals surface area contributed by atoms with Gasteiger partial charge in [0.25, 0.3) is 0 Å². The standard InChI is InChI=1S/C17H24N2O5/c1-4-24-16(21)10-15(20)12-7-5-11(6-8-12)13-9-14(17(22)23-3)19(2)18-13/h9,11-12H,4-8,10H2,1-3H3. The highest BCUT2D eigenvalue weighted by molar-refractivity contribution is 5.96. The lowest BCUT2D eigenvalue weighted by atomic mass is 9.78. The smallest absolute Gasteiger partial charge is 0.356 e. The Morgan fingerprint density at radius 3 is 2.50 bits per heavy atom. The molecule has 2 rings (SSSR count). The van der Waals surface area contributed by atoms with Crippen molar-refractivity contribution in [2.75, 3.05) is 13.7 Å². The van der Waals surface area contributed by atoms with Gasteiger partial charge in [-0.2, -0.15) is 5.10 Å². The van der Waals surface area contributed by atoms with E-state index in [4.69, 9.17) is 9.47 Å². The Hall–Kier alpha value is -2.18. The first kappa shape index (κ1) is 18.2. The molecule has 1 saturated carbocycles. The SMILES string of the molecule is CCOC(=O)CC(=O)C1CCC(c2cc(C(=O)OC)n(C)n2)CC1. The van der Waals surface area contributed by atoms with Crippen LogP contribution in [0.4, 0.5) is 0 Å². The maximum absolute atomic E-state index is 12.1. The highest BCUT2D eigenvalue weighted by Gasteiger charge is 2.30. The predicted octanol–water partition coefficient (Wildman–Crippen LogP) is 2.00. The zero-order chi connectivity index (χ0) is 17.7. The first-order chi connectivity index (χ1) is 11.5. The Bertz CT molecular complexity index is 614. The van der Waals surface area contributed by atoms with Crippen molar-refractivity contribution >= 4 is 17.7 Å². The van der Waals surface area contributed by atoms with Crippen LogP contribution in [-0.4, -0.2) is 41.2 Å². The van der Waals surface area contributed by atoms with E-state index in [0.717, 1.165) is 31.4 Å². The summed E-state index contributed by atoms with van der Waals surface area (Å²) in [7, 11) is 3.06. The van der Waals surface area contributed by atoms with Gasteiger partial charge in [0.05, 0.1) is 19.4 Å². The summed E-state index contributed by atoms with van der Waals surface area (Å²) in [6.45, 7) is 2.02. The number of hydrogen-bond acceptors (Lipinski definition) is 6. The van der Waals surface area contributed by atoms with E-state index in [1.54, 1.807) is 20.0 Å². The van der Waals surface area contributed by atoms with Gasteiger partial charge < -0.3 is 9.47 Å². The van der Waals surface area contributed by atoms with Gasteiger partial charge in [0.1, 0.15) is 17.9 Å². The Morgan fingerprint density at radius 2 is 1.92 bits per heavy atom. The first-order valence-electron chi connectivity index (χ1n) is 8.26. The molecule has 0 bridgehead atoms. The van der Waals surface area contributed by atoms with Crippen molar-refractivity contribution in [3.8, 4) is 0 Å². The van der Waals surface area contributed by atoms with Crippen LogP contribution in [0.1, 0.15) is 61.1 Å². The van der Waals surface area contributed by atoms with E-state index in [0.29, 0.717) is 12.3 Å². The molecule has 0 amide bonds. The summed E-state index contributed by atoms with van der Waals surface area (Å²) in [6, 6.07) is 1.76. The summed E-state index contributed by atoms with van der Waals surface area (Å²) in [5.41, 5.74) is 1.28. The molecule has 1 aromatic heterocycles. The average Bonchev–Trinajstić information content (AvgIpc) is 2.96. The second kappa shape index (κ2) is 8.08. The number of rotatable bonds is 6. The van der Waals surface area contributed by atoms with E-state index in [1.165, 1.54) is 11.8 Å². The predicted molar refractivity (Wildman–Crippen MR) is 85.5 cm³/mol. The molecule has 0 unspecified atom stereocenters. The monoisotopic (exact) mass is 336 g/mol. The summed E-state index contributed by atoms with van der Waals surface area (Å²) in [5.74, 6) is -0.759. The molecule has 0 N–H and O–H groups in total. The highest BCUT2D eigenvalue weighted by atomic mass is 16.5. The summed E-state index contributed by atoms with van der Waals surface area (Å²) >= 11 is 0. The fourth-order valence-electron chi connectivity index (χ4n) is 3.19. The van der Waals surface area contributed by atoms with Gasteiger partial charge in [0.2, 0.25) is 0 Å². The van der Waals surface area contributed by atoms with Crippen molar-refractivity contribution in [2.45, 2.75) is 44.9 Å². The summed E-state index contributed by atoms with van der Waals surface area (Å²) in [5, 5.41) is 4.40. The summed E-state index contributed by atoms with van der Waals surface area (Å²) in [4.78, 5) is 35.2. The van der Waals surface area contributed by atoms with Crippen LogP contribution in [0.5, 0.6) is 0 Å². The lowest BCUT2D eigenvalue weighted by Gasteiger charge is -2.26. The third-order valence-electron chi connectivity index (χ3n) is 4.52. The largest absolute Gasteiger partial charge is 0.466 e. The third kappa shape index (κ3) is 4.21. The molecule has 0 aliphatic heterocycles. The lowest BCUT2D eigenvalue weighted by molar-refractivity contribution is -0.146. The van der Waals surface area contributed by atoms with Gasteiger partial charge in [-0.15, -0.1) is 0 Å². The molecule has 7 nitrogen and oxygen atoms in total. The van der Waals surface area contributed by atoms with Gasteiger partial charge in [0.15, 0.2) is 0 Å². The molecule has 7 heteroatoms. The van der Waals surface area contributed by atoms with E-state index in [9.17, 15) is 14.4 Å². The zero-order valence-corrected chi connectivity index (χ0v) is 14.4. The van der Waals surface area contributed by atoms with Crippen LogP contribution in [0.3, 0.4) is 0 Å². The van der Waals surface area contributed by atoms with Gasteiger partial charge in [0, 0.05) is 18.9 Å².